The fourth-order valence-corrected chi connectivity index (χ4v) is 1.80. The predicted octanol–water partition coefficient (Wildman–Crippen LogP) is 1.65. The molecule has 0 aliphatic rings. The van der Waals surface area contributed by atoms with Crippen molar-refractivity contribution >= 4 is 11.6 Å². The van der Waals surface area contributed by atoms with E-state index in [1.165, 1.54) is 0 Å². The monoisotopic (exact) mass is 215 g/mol. The van der Waals surface area contributed by atoms with E-state index in [-0.39, 0.29) is 6.61 Å². The third-order valence-corrected chi connectivity index (χ3v) is 2.54. The largest absolute Gasteiger partial charge is 0.495 e. The minimum atomic E-state index is -0.461. The number of hydrogen-bond acceptors (Lipinski definition) is 3. The summed E-state index contributed by atoms with van der Waals surface area (Å²) in [6, 6.07) is 3.19. The molecule has 1 unspecified atom stereocenters. The Balaban J connectivity index is 3.25. The number of ether oxygens (including phenoxy) is 1. The van der Waals surface area contributed by atoms with E-state index in [9.17, 15) is 0 Å². The van der Waals surface area contributed by atoms with Gasteiger partial charge in [0.15, 0.2) is 0 Å². The van der Waals surface area contributed by atoms with Crippen molar-refractivity contribution in [2.24, 2.45) is 5.73 Å². The van der Waals surface area contributed by atoms with Gasteiger partial charge in [0.2, 0.25) is 0 Å². The number of hydrogen-bond donors (Lipinski definition) is 2. The molecule has 1 aromatic rings. The molecule has 0 aliphatic heterocycles. The molecule has 3 N–H and O–H groups in total. The van der Waals surface area contributed by atoms with Crippen LogP contribution in [0.4, 0.5) is 0 Å². The zero-order chi connectivity index (χ0) is 10.7. The quantitative estimate of drug-likeness (QED) is 0.806. The summed E-state index contributed by atoms with van der Waals surface area (Å²) < 4.78 is 5.07. The van der Waals surface area contributed by atoms with Gasteiger partial charge in [0.1, 0.15) is 5.75 Å². The molecule has 0 radical (unpaired) electrons. The Morgan fingerprint density at radius 3 is 2.71 bits per heavy atom. The van der Waals surface area contributed by atoms with Gasteiger partial charge in [-0.2, -0.15) is 0 Å². The van der Waals surface area contributed by atoms with Crippen molar-refractivity contribution in [1.82, 2.24) is 0 Å². The van der Waals surface area contributed by atoms with Crippen molar-refractivity contribution < 1.29 is 9.84 Å². The maximum absolute atomic E-state index is 8.98. The Labute approximate surface area is 88.4 Å². The molecule has 0 spiro atoms. The first kappa shape index (κ1) is 11.3. The maximum Gasteiger partial charge on any atom is 0.137 e. The van der Waals surface area contributed by atoms with E-state index < -0.39 is 6.04 Å². The van der Waals surface area contributed by atoms with Gasteiger partial charge < -0.3 is 15.6 Å². The molecule has 0 saturated heterocycles. The highest BCUT2D eigenvalue weighted by Gasteiger charge is 2.15. The normalized spacial score (nSPS) is 12.6. The molecule has 0 amide bonds. The summed E-state index contributed by atoms with van der Waals surface area (Å²) in [5.74, 6) is 0.580. The fraction of sp³-hybridized carbons (Fsp3) is 0.400. The second-order valence-corrected chi connectivity index (χ2v) is 3.48. The van der Waals surface area contributed by atoms with Crippen LogP contribution in [-0.2, 0) is 0 Å². The van der Waals surface area contributed by atoms with Crippen molar-refractivity contribution in [3.05, 3.63) is 28.3 Å². The Hall–Kier alpha value is -0.770. The predicted molar refractivity (Wildman–Crippen MR) is 56.8 cm³/mol. The summed E-state index contributed by atoms with van der Waals surface area (Å²) in [5, 5.41) is 9.46. The number of benzene rings is 1. The van der Waals surface area contributed by atoms with Crippen LogP contribution in [0.15, 0.2) is 12.1 Å². The average molecular weight is 216 g/mol. The van der Waals surface area contributed by atoms with E-state index in [0.717, 1.165) is 11.1 Å². The molecule has 0 saturated carbocycles. The fourth-order valence-electron chi connectivity index (χ4n) is 1.37. The Morgan fingerprint density at radius 2 is 2.21 bits per heavy atom. The van der Waals surface area contributed by atoms with E-state index in [1.807, 2.05) is 13.0 Å². The molecule has 0 aliphatic carbocycles. The standard InChI is InChI=1S/C10H14ClNO2/c1-6-3-4-8(14-2)10(11)9(6)7(12)5-13/h3-4,7,13H,5,12H2,1-2H3. The van der Waals surface area contributed by atoms with Crippen LogP contribution in [0.25, 0.3) is 0 Å². The van der Waals surface area contributed by atoms with Crippen LogP contribution in [0.5, 0.6) is 5.75 Å². The summed E-state index contributed by atoms with van der Waals surface area (Å²) in [6.07, 6.45) is 0. The van der Waals surface area contributed by atoms with Gasteiger partial charge in [-0.15, -0.1) is 0 Å². The summed E-state index contributed by atoms with van der Waals surface area (Å²) in [6.45, 7) is 1.77. The summed E-state index contributed by atoms with van der Waals surface area (Å²) in [5.41, 5.74) is 7.43. The van der Waals surface area contributed by atoms with E-state index in [1.54, 1.807) is 13.2 Å². The van der Waals surface area contributed by atoms with Crippen LogP contribution in [0, 0.1) is 6.92 Å². The number of rotatable bonds is 3. The van der Waals surface area contributed by atoms with Crippen LogP contribution < -0.4 is 10.5 Å². The van der Waals surface area contributed by atoms with Crippen LogP contribution in [0.3, 0.4) is 0 Å². The molecular formula is C10H14ClNO2. The summed E-state index contributed by atoms with van der Waals surface area (Å²) in [7, 11) is 1.55. The lowest BCUT2D eigenvalue weighted by atomic mass is 10.0. The molecule has 14 heavy (non-hydrogen) atoms. The molecule has 1 aromatic carbocycles. The van der Waals surface area contributed by atoms with Crippen molar-refractivity contribution in [1.29, 1.82) is 0 Å². The number of aliphatic hydroxyl groups excluding tert-OH is 1. The molecule has 1 rings (SSSR count). The summed E-state index contributed by atoms with van der Waals surface area (Å²) in [4.78, 5) is 0. The first-order valence-corrected chi connectivity index (χ1v) is 4.69. The van der Waals surface area contributed by atoms with Gasteiger partial charge >= 0.3 is 0 Å². The van der Waals surface area contributed by atoms with Crippen molar-refractivity contribution in [3.63, 3.8) is 0 Å². The number of halogens is 1. The first-order valence-electron chi connectivity index (χ1n) is 4.31. The minimum Gasteiger partial charge on any atom is -0.495 e. The van der Waals surface area contributed by atoms with Gasteiger partial charge in [-0.3, -0.25) is 0 Å². The van der Waals surface area contributed by atoms with Crippen molar-refractivity contribution in [2.45, 2.75) is 13.0 Å². The molecule has 0 fully saturated rings. The third-order valence-electron chi connectivity index (χ3n) is 2.15. The minimum absolute atomic E-state index is 0.131. The number of methoxy groups -OCH3 is 1. The zero-order valence-electron chi connectivity index (χ0n) is 8.25. The first-order chi connectivity index (χ1) is 6.61. The highest BCUT2D eigenvalue weighted by atomic mass is 35.5. The molecule has 0 heterocycles. The lowest BCUT2D eigenvalue weighted by Crippen LogP contribution is -2.16. The number of aliphatic hydroxyl groups is 1. The Kier molecular flexibility index (Phi) is 3.75. The van der Waals surface area contributed by atoms with Crippen LogP contribution >= 0.6 is 11.6 Å². The van der Waals surface area contributed by atoms with Gasteiger partial charge in [0.25, 0.3) is 0 Å². The molecule has 0 aromatic heterocycles. The topological polar surface area (TPSA) is 55.5 Å². The van der Waals surface area contributed by atoms with E-state index in [4.69, 9.17) is 27.2 Å². The number of nitrogens with two attached hydrogens (primary N) is 1. The molecular weight excluding hydrogens is 202 g/mol. The van der Waals surface area contributed by atoms with Crippen molar-refractivity contribution in [3.8, 4) is 5.75 Å². The second-order valence-electron chi connectivity index (χ2n) is 3.10. The molecule has 3 nitrogen and oxygen atoms in total. The van der Waals surface area contributed by atoms with Crippen LogP contribution in [-0.4, -0.2) is 18.8 Å². The molecule has 0 bridgehead atoms. The molecule has 4 heteroatoms. The summed E-state index contributed by atoms with van der Waals surface area (Å²) >= 11 is 6.07. The highest BCUT2D eigenvalue weighted by molar-refractivity contribution is 6.33. The molecule has 78 valence electrons. The SMILES string of the molecule is COc1ccc(C)c(C(N)CO)c1Cl. The van der Waals surface area contributed by atoms with Crippen molar-refractivity contribution in [2.75, 3.05) is 13.7 Å². The lowest BCUT2D eigenvalue weighted by Gasteiger charge is -2.16. The van der Waals surface area contributed by atoms with Crippen LogP contribution in [0.1, 0.15) is 17.2 Å². The maximum atomic E-state index is 8.98. The highest BCUT2D eigenvalue weighted by Crippen LogP contribution is 2.33. The molecule has 1 atom stereocenters. The van der Waals surface area contributed by atoms with Crippen LogP contribution in [0.2, 0.25) is 5.02 Å². The zero-order valence-corrected chi connectivity index (χ0v) is 9.01. The third kappa shape index (κ3) is 2.00. The van der Waals surface area contributed by atoms with Gasteiger partial charge in [-0.25, -0.2) is 0 Å². The number of aryl methyl sites for hydroxylation is 1. The second kappa shape index (κ2) is 4.64. The van der Waals surface area contributed by atoms with E-state index >= 15 is 0 Å². The van der Waals surface area contributed by atoms with E-state index in [0.29, 0.717) is 10.8 Å². The lowest BCUT2D eigenvalue weighted by molar-refractivity contribution is 0.267. The Morgan fingerprint density at radius 1 is 1.57 bits per heavy atom. The van der Waals surface area contributed by atoms with Gasteiger partial charge in [0.05, 0.1) is 24.8 Å². The average Bonchev–Trinajstić information content (AvgIpc) is 2.18. The smallest absolute Gasteiger partial charge is 0.137 e. The van der Waals surface area contributed by atoms with Gasteiger partial charge in [0, 0.05) is 0 Å². The van der Waals surface area contributed by atoms with E-state index in [2.05, 4.69) is 0 Å². The Bertz CT molecular complexity index is 328. The van der Waals surface area contributed by atoms with Gasteiger partial charge in [-0.1, -0.05) is 17.7 Å². The van der Waals surface area contributed by atoms with Gasteiger partial charge in [-0.05, 0) is 24.1 Å².